The molecule has 1 aromatic rings. The SMILES string of the molecule is OCC1CCCC1NCc1cncnc1. The zero-order valence-electron chi connectivity index (χ0n) is 8.76. The van der Waals surface area contributed by atoms with Gasteiger partial charge in [0.25, 0.3) is 0 Å². The lowest BCUT2D eigenvalue weighted by Gasteiger charge is -2.18. The molecular formula is C11H17N3O. The average Bonchev–Trinajstić information content (AvgIpc) is 2.75. The molecule has 0 radical (unpaired) electrons. The van der Waals surface area contributed by atoms with Gasteiger partial charge in [-0.05, 0) is 18.8 Å². The number of nitrogens with one attached hydrogen (secondary N) is 1. The van der Waals surface area contributed by atoms with Gasteiger partial charge in [0.1, 0.15) is 6.33 Å². The summed E-state index contributed by atoms with van der Waals surface area (Å²) in [7, 11) is 0. The smallest absolute Gasteiger partial charge is 0.115 e. The highest BCUT2D eigenvalue weighted by atomic mass is 16.3. The Kier molecular flexibility index (Phi) is 3.64. The van der Waals surface area contributed by atoms with Gasteiger partial charge in [-0.1, -0.05) is 6.42 Å². The van der Waals surface area contributed by atoms with Gasteiger partial charge in [-0.25, -0.2) is 9.97 Å². The summed E-state index contributed by atoms with van der Waals surface area (Å²) in [6.07, 6.45) is 8.70. The highest BCUT2D eigenvalue weighted by molar-refractivity contribution is 5.02. The number of aliphatic hydroxyl groups is 1. The fourth-order valence-corrected chi connectivity index (χ4v) is 2.19. The lowest BCUT2D eigenvalue weighted by atomic mass is 10.1. The number of aromatic nitrogens is 2. The van der Waals surface area contributed by atoms with Crippen molar-refractivity contribution in [2.24, 2.45) is 5.92 Å². The summed E-state index contributed by atoms with van der Waals surface area (Å²) in [4.78, 5) is 7.94. The topological polar surface area (TPSA) is 58.0 Å². The Hall–Kier alpha value is -1.00. The molecular weight excluding hydrogens is 190 g/mol. The van der Waals surface area contributed by atoms with E-state index in [9.17, 15) is 0 Å². The van der Waals surface area contributed by atoms with E-state index in [2.05, 4.69) is 15.3 Å². The fraction of sp³-hybridized carbons (Fsp3) is 0.636. The van der Waals surface area contributed by atoms with Gasteiger partial charge in [-0.15, -0.1) is 0 Å². The predicted octanol–water partition coefficient (Wildman–Crippen LogP) is 0.727. The highest BCUT2D eigenvalue weighted by Crippen LogP contribution is 2.25. The molecule has 2 unspecified atom stereocenters. The predicted molar refractivity (Wildman–Crippen MR) is 57.1 cm³/mol. The number of nitrogens with zero attached hydrogens (tertiary/aromatic N) is 2. The molecule has 1 aromatic heterocycles. The average molecular weight is 207 g/mol. The van der Waals surface area contributed by atoms with Gasteiger partial charge in [0, 0.05) is 37.2 Å². The third-order valence-electron chi connectivity index (χ3n) is 3.08. The Bertz CT molecular complexity index is 291. The van der Waals surface area contributed by atoms with E-state index in [1.807, 2.05) is 12.4 Å². The van der Waals surface area contributed by atoms with Crippen LogP contribution in [0.25, 0.3) is 0 Å². The van der Waals surface area contributed by atoms with Gasteiger partial charge >= 0.3 is 0 Å². The summed E-state index contributed by atoms with van der Waals surface area (Å²) in [6.45, 7) is 1.09. The maximum atomic E-state index is 9.17. The molecule has 0 spiro atoms. The molecule has 4 nitrogen and oxygen atoms in total. The fourth-order valence-electron chi connectivity index (χ4n) is 2.19. The van der Waals surface area contributed by atoms with Crippen molar-refractivity contribution in [2.75, 3.05) is 6.61 Å². The number of hydrogen-bond donors (Lipinski definition) is 2. The van der Waals surface area contributed by atoms with Crippen LogP contribution in [0, 0.1) is 5.92 Å². The van der Waals surface area contributed by atoms with Crippen molar-refractivity contribution in [1.82, 2.24) is 15.3 Å². The molecule has 0 aromatic carbocycles. The van der Waals surface area contributed by atoms with Crippen LogP contribution in [0.3, 0.4) is 0 Å². The van der Waals surface area contributed by atoms with E-state index in [0.717, 1.165) is 18.5 Å². The van der Waals surface area contributed by atoms with Gasteiger partial charge in [-0.3, -0.25) is 0 Å². The molecule has 4 heteroatoms. The minimum atomic E-state index is 0.295. The van der Waals surface area contributed by atoms with Crippen LogP contribution < -0.4 is 5.32 Å². The van der Waals surface area contributed by atoms with Crippen molar-refractivity contribution in [3.8, 4) is 0 Å². The summed E-state index contributed by atoms with van der Waals surface area (Å²) < 4.78 is 0. The van der Waals surface area contributed by atoms with Gasteiger partial charge in [0.2, 0.25) is 0 Å². The lowest BCUT2D eigenvalue weighted by molar-refractivity contribution is 0.205. The summed E-state index contributed by atoms with van der Waals surface area (Å²) in [6, 6.07) is 0.454. The zero-order valence-corrected chi connectivity index (χ0v) is 8.76. The molecule has 2 atom stereocenters. The number of hydrogen-bond acceptors (Lipinski definition) is 4. The van der Waals surface area contributed by atoms with Crippen LogP contribution >= 0.6 is 0 Å². The quantitative estimate of drug-likeness (QED) is 0.764. The number of rotatable bonds is 4. The van der Waals surface area contributed by atoms with Crippen molar-refractivity contribution in [3.05, 3.63) is 24.3 Å². The van der Waals surface area contributed by atoms with E-state index in [0.29, 0.717) is 18.6 Å². The van der Waals surface area contributed by atoms with E-state index in [4.69, 9.17) is 5.11 Å². The minimum Gasteiger partial charge on any atom is -0.396 e. The van der Waals surface area contributed by atoms with E-state index < -0.39 is 0 Å². The van der Waals surface area contributed by atoms with Gasteiger partial charge in [-0.2, -0.15) is 0 Å². The molecule has 15 heavy (non-hydrogen) atoms. The molecule has 2 rings (SSSR count). The second-order valence-corrected chi connectivity index (χ2v) is 4.11. The molecule has 1 aliphatic rings. The Labute approximate surface area is 89.8 Å². The summed E-state index contributed by atoms with van der Waals surface area (Å²) in [5.41, 5.74) is 1.10. The Balaban J connectivity index is 1.83. The van der Waals surface area contributed by atoms with E-state index >= 15 is 0 Å². The first-order chi connectivity index (χ1) is 7.40. The van der Waals surface area contributed by atoms with Crippen LogP contribution in [0.2, 0.25) is 0 Å². The standard InChI is InChI=1S/C11H17N3O/c15-7-10-2-1-3-11(10)14-6-9-4-12-8-13-5-9/h4-5,8,10-11,14-15H,1-3,6-7H2. The molecule has 2 N–H and O–H groups in total. The zero-order chi connectivity index (χ0) is 10.5. The van der Waals surface area contributed by atoms with Crippen molar-refractivity contribution >= 4 is 0 Å². The number of aliphatic hydroxyl groups excluding tert-OH is 1. The second kappa shape index (κ2) is 5.19. The molecule has 0 saturated heterocycles. The summed E-state index contributed by atoms with van der Waals surface area (Å²) >= 11 is 0. The second-order valence-electron chi connectivity index (χ2n) is 4.11. The van der Waals surface area contributed by atoms with Crippen LogP contribution in [0.4, 0.5) is 0 Å². The van der Waals surface area contributed by atoms with Gasteiger partial charge in [0.15, 0.2) is 0 Å². The molecule has 1 heterocycles. The minimum absolute atomic E-state index is 0.295. The molecule has 0 aliphatic heterocycles. The normalized spacial score (nSPS) is 25.7. The van der Waals surface area contributed by atoms with Crippen molar-refractivity contribution in [3.63, 3.8) is 0 Å². The van der Waals surface area contributed by atoms with Crippen LogP contribution in [-0.4, -0.2) is 27.7 Å². The Morgan fingerprint density at radius 1 is 1.33 bits per heavy atom. The van der Waals surface area contributed by atoms with Gasteiger partial charge in [0.05, 0.1) is 0 Å². The van der Waals surface area contributed by atoms with Crippen molar-refractivity contribution in [1.29, 1.82) is 0 Å². The molecule has 0 amide bonds. The Morgan fingerprint density at radius 2 is 2.13 bits per heavy atom. The monoisotopic (exact) mass is 207 g/mol. The van der Waals surface area contributed by atoms with E-state index in [1.165, 1.54) is 19.2 Å². The van der Waals surface area contributed by atoms with E-state index in [-0.39, 0.29) is 0 Å². The Morgan fingerprint density at radius 3 is 2.87 bits per heavy atom. The molecule has 1 saturated carbocycles. The third-order valence-corrected chi connectivity index (χ3v) is 3.08. The molecule has 82 valence electrons. The van der Waals surface area contributed by atoms with Crippen LogP contribution in [0.5, 0.6) is 0 Å². The lowest BCUT2D eigenvalue weighted by Crippen LogP contribution is -2.33. The van der Waals surface area contributed by atoms with Gasteiger partial charge < -0.3 is 10.4 Å². The first-order valence-electron chi connectivity index (χ1n) is 5.48. The third kappa shape index (κ3) is 2.73. The molecule has 0 bridgehead atoms. The maximum absolute atomic E-state index is 9.17. The largest absolute Gasteiger partial charge is 0.396 e. The first kappa shape index (κ1) is 10.5. The van der Waals surface area contributed by atoms with E-state index in [1.54, 1.807) is 0 Å². The molecule has 1 fully saturated rings. The highest BCUT2D eigenvalue weighted by Gasteiger charge is 2.25. The van der Waals surface area contributed by atoms with Crippen LogP contribution in [0.15, 0.2) is 18.7 Å². The van der Waals surface area contributed by atoms with Crippen LogP contribution in [-0.2, 0) is 6.54 Å². The first-order valence-corrected chi connectivity index (χ1v) is 5.48. The summed E-state index contributed by atoms with van der Waals surface area (Å²) in [5, 5.41) is 12.6. The molecule has 1 aliphatic carbocycles. The summed E-state index contributed by atoms with van der Waals surface area (Å²) in [5.74, 6) is 0.426. The van der Waals surface area contributed by atoms with Crippen molar-refractivity contribution < 1.29 is 5.11 Å². The maximum Gasteiger partial charge on any atom is 0.115 e. The van der Waals surface area contributed by atoms with Crippen molar-refractivity contribution in [2.45, 2.75) is 31.8 Å². The van der Waals surface area contributed by atoms with Crippen LogP contribution in [0.1, 0.15) is 24.8 Å².